The van der Waals surface area contributed by atoms with Crippen molar-refractivity contribution < 1.29 is 0 Å². The summed E-state index contributed by atoms with van der Waals surface area (Å²) in [6.45, 7) is 2.56. The van der Waals surface area contributed by atoms with E-state index in [2.05, 4.69) is 61.4 Å². The summed E-state index contributed by atoms with van der Waals surface area (Å²) in [6.07, 6.45) is 3.69. The molecule has 3 N–H and O–H groups in total. The lowest BCUT2D eigenvalue weighted by molar-refractivity contribution is 0.534. The van der Waals surface area contributed by atoms with E-state index < -0.39 is 0 Å². The van der Waals surface area contributed by atoms with Gasteiger partial charge in [-0.1, -0.05) is 36.4 Å². The first kappa shape index (κ1) is 16.9. The van der Waals surface area contributed by atoms with Gasteiger partial charge in [-0.05, 0) is 24.1 Å². The smallest absolute Gasteiger partial charge is 0.226 e. The maximum atomic E-state index is 4.88. The second-order valence-corrected chi connectivity index (χ2v) is 7.15. The Morgan fingerprint density at radius 3 is 2.82 bits per heavy atom. The van der Waals surface area contributed by atoms with Crippen LogP contribution in [0, 0.1) is 0 Å². The second kappa shape index (κ2) is 7.44. The molecular formula is C21H23N7. The molecule has 0 bridgehead atoms. The van der Waals surface area contributed by atoms with Gasteiger partial charge in [0.25, 0.3) is 0 Å². The molecule has 0 saturated heterocycles. The summed E-state index contributed by atoms with van der Waals surface area (Å²) in [4.78, 5) is 16.3. The zero-order chi connectivity index (χ0) is 18.8. The SMILES string of the molecule is c1ccc(CN2CCC3NNc4nc(NCCc5ccccn5)nc2c43)cc1. The van der Waals surface area contributed by atoms with E-state index in [-0.39, 0.29) is 6.04 Å². The number of rotatable bonds is 6. The third kappa shape index (κ3) is 3.36. The predicted octanol–water partition coefficient (Wildman–Crippen LogP) is 2.91. The summed E-state index contributed by atoms with van der Waals surface area (Å²) in [5.41, 5.74) is 10.1. The van der Waals surface area contributed by atoms with Gasteiger partial charge in [0.2, 0.25) is 5.95 Å². The van der Waals surface area contributed by atoms with Crippen LogP contribution in [0.15, 0.2) is 54.7 Å². The van der Waals surface area contributed by atoms with Gasteiger partial charge in [-0.2, -0.15) is 9.97 Å². The number of hydrazine groups is 1. The largest absolute Gasteiger partial charge is 0.354 e. The van der Waals surface area contributed by atoms with Gasteiger partial charge in [0.05, 0.1) is 11.6 Å². The topological polar surface area (TPSA) is 78.0 Å². The van der Waals surface area contributed by atoms with Crippen LogP contribution < -0.4 is 21.1 Å². The highest BCUT2D eigenvalue weighted by Gasteiger charge is 2.34. The van der Waals surface area contributed by atoms with Gasteiger partial charge < -0.3 is 15.6 Å². The van der Waals surface area contributed by atoms with Crippen LogP contribution in [-0.2, 0) is 13.0 Å². The number of pyridine rings is 1. The third-order valence-corrected chi connectivity index (χ3v) is 5.23. The molecular weight excluding hydrogens is 350 g/mol. The zero-order valence-corrected chi connectivity index (χ0v) is 15.6. The molecule has 7 heteroatoms. The molecule has 2 aliphatic heterocycles. The Balaban J connectivity index is 1.37. The van der Waals surface area contributed by atoms with Gasteiger partial charge in [-0.3, -0.25) is 4.98 Å². The first-order valence-corrected chi connectivity index (χ1v) is 9.73. The van der Waals surface area contributed by atoms with Crippen molar-refractivity contribution in [3.8, 4) is 0 Å². The molecule has 0 amide bonds. The summed E-state index contributed by atoms with van der Waals surface area (Å²) in [5, 5.41) is 3.36. The molecule has 0 aliphatic carbocycles. The summed E-state index contributed by atoms with van der Waals surface area (Å²) in [7, 11) is 0. The van der Waals surface area contributed by atoms with E-state index in [1.54, 1.807) is 0 Å². The summed E-state index contributed by atoms with van der Waals surface area (Å²) >= 11 is 0. The fourth-order valence-electron chi connectivity index (χ4n) is 3.83. The van der Waals surface area contributed by atoms with Crippen molar-refractivity contribution in [1.29, 1.82) is 0 Å². The van der Waals surface area contributed by atoms with Gasteiger partial charge in [-0.15, -0.1) is 0 Å². The van der Waals surface area contributed by atoms with Gasteiger partial charge in [-0.25, -0.2) is 5.43 Å². The maximum absolute atomic E-state index is 4.88. The second-order valence-electron chi connectivity index (χ2n) is 7.15. The lowest BCUT2D eigenvalue weighted by Crippen LogP contribution is -2.34. The number of hydrogen-bond acceptors (Lipinski definition) is 7. The number of nitrogens with zero attached hydrogens (tertiary/aromatic N) is 4. The van der Waals surface area contributed by atoms with Crippen molar-refractivity contribution in [2.24, 2.45) is 0 Å². The van der Waals surface area contributed by atoms with Gasteiger partial charge in [0.1, 0.15) is 5.82 Å². The molecule has 2 aromatic heterocycles. The molecule has 0 saturated carbocycles. The highest BCUT2D eigenvalue weighted by molar-refractivity contribution is 5.67. The number of benzene rings is 1. The lowest BCUT2D eigenvalue weighted by atomic mass is 10.0. The molecule has 0 fully saturated rings. The van der Waals surface area contributed by atoms with Gasteiger partial charge in [0.15, 0.2) is 5.82 Å². The van der Waals surface area contributed by atoms with E-state index in [0.717, 1.165) is 49.8 Å². The first-order chi connectivity index (χ1) is 13.9. The van der Waals surface area contributed by atoms with Crippen LogP contribution in [0.5, 0.6) is 0 Å². The fraction of sp³-hybridized carbons (Fsp3) is 0.286. The molecule has 0 radical (unpaired) electrons. The molecule has 1 unspecified atom stereocenters. The van der Waals surface area contributed by atoms with Crippen LogP contribution in [0.4, 0.5) is 17.6 Å². The standard InChI is InChI=1S/C21H23N7/c1-2-6-15(7-3-1)14-28-13-10-17-18-19(27-26-17)24-21(25-20(18)28)23-12-9-16-8-4-5-11-22-16/h1-8,11,17,26H,9-10,12-14H2,(H2,23,24,25,27). The maximum Gasteiger partial charge on any atom is 0.226 e. The van der Waals surface area contributed by atoms with Crippen LogP contribution in [0.2, 0.25) is 0 Å². The van der Waals surface area contributed by atoms with Crippen molar-refractivity contribution in [3.63, 3.8) is 0 Å². The number of hydrogen-bond donors (Lipinski definition) is 3. The van der Waals surface area contributed by atoms with Crippen molar-refractivity contribution in [2.45, 2.75) is 25.4 Å². The molecule has 7 nitrogen and oxygen atoms in total. The van der Waals surface area contributed by atoms with E-state index in [0.29, 0.717) is 5.95 Å². The fourth-order valence-corrected chi connectivity index (χ4v) is 3.83. The molecule has 1 atom stereocenters. The first-order valence-electron chi connectivity index (χ1n) is 9.73. The van der Waals surface area contributed by atoms with Gasteiger partial charge in [0, 0.05) is 37.9 Å². The van der Waals surface area contributed by atoms with Crippen LogP contribution in [0.25, 0.3) is 0 Å². The molecule has 5 rings (SSSR count). The van der Waals surface area contributed by atoms with E-state index >= 15 is 0 Å². The zero-order valence-electron chi connectivity index (χ0n) is 15.6. The summed E-state index contributed by atoms with van der Waals surface area (Å²) in [5.74, 6) is 2.55. The van der Waals surface area contributed by atoms with E-state index in [1.165, 1.54) is 11.1 Å². The Kier molecular flexibility index (Phi) is 4.50. The number of nitrogens with one attached hydrogen (secondary N) is 3. The molecule has 4 heterocycles. The Bertz CT molecular complexity index is 946. The number of anilines is 3. The van der Waals surface area contributed by atoms with E-state index in [1.807, 2.05) is 24.4 Å². The number of aromatic nitrogens is 3. The quantitative estimate of drug-likeness (QED) is 0.613. The predicted molar refractivity (Wildman–Crippen MR) is 110 cm³/mol. The summed E-state index contributed by atoms with van der Waals surface area (Å²) in [6, 6.07) is 16.8. The van der Waals surface area contributed by atoms with Crippen molar-refractivity contribution >= 4 is 17.6 Å². The average molecular weight is 373 g/mol. The normalized spacial score (nSPS) is 17.1. The Morgan fingerprint density at radius 1 is 1.07 bits per heavy atom. The minimum Gasteiger partial charge on any atom is -0.354 e. The van der Waals surface area contributed by atoms with Crippen LogP contribution in [0.1, 0.15) is 29.3 Å². The van der Waals surface area contributed by atoms with Crippen molar-refractivity contribution in [2.75, 3.05) is 28.7 Å². The molecule has 2 aliphatic rings. The van der Waals surface area contributed by atoms with Crippen molar-refractivity contribution in [1.82, 2.24) is 20.4 Å². The highest BCUT2D eigenvalue weighted by Crippen LogP contribution is 2.41. The molecule has 142 valence electrons. The van der Waals surface area contributed by atoms with Crippen LogP contribution in [0.3, 0.4) is 0 Å². The molecule has 3 aromatic rings. The average Bonchev–Trinajstić information content (AvgIpc) is 3.16. The highest BCUT2D eigenvalue weighted by atomic mass is 15.4. The Morgan fingerprint density at radius 2 is 1.96 bits per heavy atom. The van der Waals surface area contributed by atoms with Crippen LogP contribution >= 0.6 is 0 Å². The van der Waals surface area contributed by atoms with Crippen LogP contribution in [-0.4, -0.2) is 28.0 Å². The molecule has 0 spiro atoms. The monoisotopic (exact) mass is 373 g/mol. The Hall–Kier alpha value is -3.19. The third-order valence-electron chi connectivity index (χ3n) is 5.23. The lowest BCUT2D eigenvalue weighted by Gasteiger charge is -2.32. The molecule has 1 aromatic carbocycles. The summed E-state index contributed by atoms with van der Waals surface area (Å²) < 4.78 is 0. The van der Waals surface area contributed by atoms with E-state index in [9.17, 15) is 0 Å². The van der Waals surface area contributed by atoms with E-state index in [4.69, 9.17) is 4.98 Å². The minimum absolute atomic E-state index is 0.277. The minimum atomic E-state index is 0.277. The van der Waals surface area contributed by atoms with Gasteiger partial charge >= 0.3 is 0 Å². The molecule has 28 heavy (non-hydrogen) atoms. The Labute approximate surface area is 164 Å². The van der Waals surface area contributed by atoms with Crippen molar-refractivity contribution in [3.05, 3.63) is 71.5 Å².